The first-order valence-electron chi connectivity index (χ1n) is 3.70. The minimum atomic E-state index is -0.255. The van der Waals surface area contributed by atoms with Crippen molar-refractivity contribution in [3.63, 3.8) is 0 Å². The largest absolute Gasteiger partial charge is 0.392 e. The highest BCUT2D eigenvalue weighted by molar-refractivity contribution is 7.09. The van der Waals surface area contributed by atoms with Crippen molar-refractivity contribution in [2.75, 3.05) is 6.54 Å². The lowest BCUT2D eigenvalue weighted by Crippen LogP contribution is -2.23. The molecule has 3 heteroatoms. The van der Waals surface area contributed by atoms with E-state index in [9.17, 15) is 0 Å². The molecule has 0 unspecified atom stereocenters. The van der Waals surface area contributed by atoms with Gasteiger partial charge in [0, 0.05) is 18.0 Å². The summed E-state index contributed by atoms with van der Waals surface area (Å²) >= 11 is 1.73. The summed E-state index contributed by atoms with van der Waals surface area (Å²) in [6.07, 6.45) is -0.255. The normalized spacial score (nSPS) is 13.3. The lowest BCUT2D eigenvalue weighted by Gasteiger charge is -2.04. The average molecular weight is 171 g/mol. The summed E-state index contributed by atoms with van der Waals surface area (Å²) < 4.78 is 0. The van der Waals surface area contributed by atoms with Crippen molar-refractivity contribution in [1.82, 2.24) is 5.32 Å². The second-order valence-electron chi connectivity index (χ2n) is 2.56. The van der Waals surface area contributed by atoms with Crippen LogP contribution in [0.2, 0.25) is 0 Å². The quantitative estimate of drug-likeness (QED) is 0.714. The standard InChI is InChI=1S/C8H13NOS/c1-7(10)5-9-6-8-3-2-4-11-8/h2-4,7,9-10H,5-6H2,1H3/t7-/m1/s1. The van der Waals surface area contributed by atoms with Gasteiger partial charge >= 0.3 is 0 Å². The maximum absolute atomic E-state index is 8.92. The van der Waals surface area contributed by atoms with E-state index in [-0.39, 0.29) is 6.10 Å². The fraction of sp³-hybridized carbons (Fsp3) is 0.500. The van der Waals surface area contributed by atoms with Crippen LogP contribution in [0.1, 0.15) is 11.8 Å². The highest BCUT2D eigenvalue weighted by Gasteiger charge is 1.95. The zero-order valence-corrected chi connectivity index (χ0v) is 7.40. The van der Waals surface area contributed by atoms with Gasteiger partial charge in [0.2, 0.25) is 0 Å². The van der Waals surface area contributed by atoms with E-state index in [0.29, 0.717) is 6.54 Å². The molecule has 2 nitrogen and oxygen atoms in total. The van der Waals surface area contributed by atoms with Crippen molar-refractivity contribution >= 4 is 11.3 Å². The summed E-state index contributed by atoms with van der Waals surface area (Å²) in [6, 6.07) is 4.11. The molecule has 0 aliphatic heterocycles. The Morgan fingerprint density at radius 3 is 3.09 bits per heavy atom. The molecule has 62 valence electrons. The molecule has 0 aliphatic carbocycles. The fourth-order valence-electron chi connectivity index (χ4n) is 0.817. The number of aliphatic hydroxyl groups is 1. The Labute approximate surface area is 70.9 Å². The maximum Gasteiger partial charge on any atom is 0.0636 e. The van der Waals surface area contributed by atoms with E-state index in [1.807, 2.05) is 6.07 Å². The van der Waals surface area contributed by atoms with Crippen LogP contribution in [0.5, 0.6) is 0 Å². The molecule has 11 heavy (non-hydrogen) atoms. The number of rotatable bonds is 4. The molecule has 0 fully saturated rings. The lowest BCUT2D eigenvalue weighted by atomic mass is 10.4. The Morgan fingerprint density at radius 2 is 2.55 bits per heavy atom. The Morgan fingerprint density at radius 1 is 1.73 bits per heavy atom. The van der Waals surface area contributed by atoms with Crippen LogP contribution in [0.15, 0.2) is 17.5 Å². The smallest absolute Gasteiger partial charge is 0.0636 e. The molecule has 2 N–H and O–H groups in total. The monoisotopic (exact) mass is 171 g/mol. The van der Waals surface area contributed by atoms with Crippen molar-refractivity contribution in [2.45, 2.75) is 19.6 Å². The third-order valence-corrected chi connectivity index (χ3v) is 2.20. The second kappa shape index (κ2) is 4.49. The number of hydrogen-bond acceptors (Lipinski definition) is 3. The third-order valence-electron chi connectivity index (χ3n) is 1.32. The molecule has 0 aromatic carbocycles. The van der Waals surface area contributed by atoms with Crippen molar-refractivity contribution in [1.29, 1.82) is 0 Å². The maximum atomic E-state index is 8.92. The van der Waals surface area contributed by atoms with Crippen LogP contribution in [0.4, 0.5) is 0 Å². The summed E-state index contributed by atoms with van der Waals surface area (Å²) in [5.41, 5.74) is 0. The van der Waals surface area contributed by atoms with Gasteiger partial charge in [-0.15, -0.1) is 11.3 Å². The molecule has 0 bridgehead atoms. The Kier molecular flexibility index (Phi) is 3.56. The number of aliphatic hydroxyl groups excluding tert-OH is 1. The topological polar surface area (TPSA) is 32.3 Å². The molecule has 0 amide bonds. The fourth-order valence-corrected chi connectivity index (χ4v) is 1.49. The van der Waals surface area contributed by atoms with Gasteiger partial charge in [-0.2, -0.15) is 0 Å². The van der Waals surface area contributed by atoms with Crippen molar-refractivity contribution in [3.05, 3.63) is 22.4 Å². The van der Waals surface area contributed by atoms with E-state index in [4.69, 9.17) is 5.11 Å². The van der Waals surface area contributed by atoms with Gasteiger partial charge in [-0.05, 0) is 18.4 Å². The van der Waals surface area contributed by atoms with E-state index in [0.717, 1.165) is 6.54 Å². The predicted molar refractivity (Wildman–Crippen MR) is 47.7 cm³/mol. The average Bonchev–Trinajstić information content (AvgIpc) is 2.39. The summed E-state index contributed by atoms with van der Waals surface area (Å²) in [7, 11) is 0. The van der Waals surface area contributed by atoms with Crippen molar-refractivity contribution in [2.24, 2.45) is 0 Å². The molecule has 1 atom stereocenters. The van der Waals surface area contributed by atoms with Crippen LogP contribution in [0.25, 0.3) is 0 Å². The number of hydrogen-bond donors (Lipinski definition) is 2. The van der Waals surface area contributed by atoms with E-state index in [1.165, 1.54) is 4.88 Å². The van der Waals surface area contributed by atoms with Crippen LogP contribution in [0, 0.1) is 0 Å². The number of thiophene rings is 1. The molecule has 1 heterocycles. The Hall–Kier alpha value is -0.380. The molecule has 0 spiro atoms. The Balaban J connectivity index is 2.14. The second-order valence-corrected chi connectivity index (χ2v) is 3.59. The van der Waals surface area contributed by atoms with Crippen molar-refractivity contribution < 1.29 is 5.11 Å². The predicted octanol–water partition coefficient (Wildman–Crippen LogP) is 1.22. The zero-order valence-electron chi connectivity index (χ0n) is 6.58. The van der Waals surface area contributed by atoms with Crippen LogP contribution in [0.3, 0.4) is 0 Å². The van der Waals surface area contributed by atoms with Gasteiger partial charge in [-0.25, -0.2) is 0 Å². The highest BCUT2D eigenvalue weighted by Crippen LogP contribution is 2.06. The van der Waals surface area contributed by atoms with Crippen LogP contribution < -0.4 is 5.32 Å². The Bertz CT molecular complexity index is 184. The van der Waals surface area contributed by atoms with E-state index in [1.54, 1.807) is 18.3 Å². The van der Waals surface area contributed by atoms with Crippen LogP contribution in [-0.4, -0.2) is 17.8 Å². The summed E-state index contributed by atoms with van der Waals surface area (Å²) in [5.74, 6) is 0. The minimum absolute atomic E-state index is 0.255. The van der Waals surface area contributed by atoms with Gasteiger partial charge in [0.15, 0.2) is 0 Å². The van der Waals surface area contributed by atoms with Gasteiger partial charge in [0.05, 0.1) is 6.10 Å². The molecular formula is C8H13NOS. The van der Waals surface area contributed by atoms with E-state index >= 15 is 0 Å². The molecule has 1 aromatic rings. The first-order chi connectivity index (χ1) is 5.29. The first kappa shape index (κ1) is 8.71. The van der Waals surface area contributed by atoms with Crippen molar-refractivity contribution in [3.8, 4) is 0 Å². The summed E-state index contributed by atoms with van der Waals surface area (Å²) in [4.78, 5) is 1.31. The minimum Gasteiger partial charge on any atom is -0.392 e. The first-order valence-corrected chi connectivity index (χ1v) is 4.58. The van der Waals surface area contributed by atoms with Gasteiger partial charge < -0.3 is 10.4 Å². The van der Waals surface area contributed by atoms with Gasteiger partial charge in [-0.1, -0.05) is 6.07 Å². The molecule has 1 rings (SSSR count). The molecule has 0 radical (unpaired) electrons. The highest BCUT2D eigenvalue weighted by atomic mass is 32.1. The zero-order chi connectivity index (χ0) is 8.10. The van der Waals surface area contributed by atoms with E-state index < -0.39 is 0 Å². The number of nitrogens with one attached hydrogen (secondary N) is 1. The summed E-state index contributed by atoms with van der Waals surface area (Å²) in [5, 5.41) is 14.1. The van der Waals surface area contributed by atoms with Crippen LogP contribution in [-0.2, 0) is 6.54 Å². The van der Waals surface area contributed by atoms with Gasteiger partial charge in [0.1, 0.15) is 0 Å². The molecule has 0 saturated heterocycles. The van der Waals surface area contributed by atoms with Crippen LogP contribution >= 0.6 is 11.3 Å². The van der Waals surface area contributed by atoms with Gasteiger partial charge in [-0.3, -0.25) is 0 Å². The van der Waals surface area contributed by atoms with E-state index in [2.05, 4.69) is 16.8 Å². The third kappa shape index (κ3) is 3.51. The molecular weight excluding hydrogens is 158 g/mol. The summed E-state index contributed by atoms with van der Waals surface area (Å²) in [6.45, 7) is 3.31. The molecule has 0 aliphatic rings. The SMILES string of the molecule is C[C@@H](O)CNCc1cccs1. The lowest BCUT2D eigenvalue weighted by molar-refractivity contribution is 0.191. The van der Waals surface area contributed by atoms with Gasteiger partial charge in [0.25, 0.3) is 0 Å². The molecule has 1 aromatic heterocycles. The molecule has 0 saturated carbocycles.